The SMILES string of the molecule is C(CCN1CCCC1)C[C](CCCN1CCCC1)C1CCCN1. The van der Waals surface area contributed by atoms with Crippen LogP contribution in [0.25, 0.3) is 0 Å². The van der Waals surface area contributed by atoms with Gasteiger partial charge in [0.25, 0.3) is 0 Å². The third kappa shape index (κ3) is 6.03. The predicted molar refractivity (Wildman–Crippen MR) is 98.7 cm³/mol. The van der Waals surface area contributed by atoms with Gasteiger partial charge >= 0.3 is 0 Å². The minimum absolute atomic E-state index is 0.750. The summed E-state index contributed by atoms with van der Waals surface area (Å²) in [5.74, 6) is 1.85. The predicted octanol–water partition coefficient (Wildman–Crippen LogP) is 3.45. The maximum Gasteiger partial charge on any atom is 0.0130 e. The molecular formula is C20H38N3. The van der Waals surface area contributed by atoms with E-state index in [1.165, 1.54) is 116 Å². The van der Waals surface area contributed by atoms with Gasteiger partial charge in [-0.25, -0.2) is 0 Å². The lowest BCUT2D eigenvalue weighted by atomic mass is 9.88. The monoisotopic (exact) mass is 320 g/mol. The van der Waals surface area contributed by atoms with E-state index in [1.807, 2.05) is 5.92 Å². The van der Waals surface area contributed by atoms with E-state index in [-0.39, 0.29) is 0 Å². The molecule has 0 amide bonds. The summed E-state index contributed by atoms with van der Waals surface area (Å²) >= 11 is 0. The first-order chi connectivity index (χ1) is 11.4. The van der Waals surface area contributed by atoms with Crippen molar-refractivity contribution in [3.05, 3.63) is 5.92 Å². The van der Waals surface area contributed by atoms with Crippen LogP contribution in [0.1, 0.15) is 70.6 Å². The topological polar surface area (TPSA) is 18.5 Å². The average Bonchev–Trinajstić information content (AvgIpc) is 3.33. The molecule has 0 spiro atoms. The van der Waals surface area contributed by atoms with E-state index in [2.05, 4.69) is 15.1 Å². The molecule has 133 valence electrons. The number of unbranched alkanes of at least 4 members (excludes halogenated alkanes) is 1. The lowest BCUT2D eigenvalue weighted by molar-refractivity contribution is 0.319. The van der Waals surface area contributed by atoms with E-state index in [1.54, 1.807) is 0 Å². The largest absolute Gasteiger partial charge is 0.313 e. The second-order valence-electron chi connectivity index (χ2n) is 7.97. The number of hydrogen-bond donors (Lipinski definition) is 1. The van der Waals surface area contributed by atoms with Gasteiger partial charge in [0.1, 0.15) is 0 Å². The first-order valence-corrected chi connectivity index (χ1v) is 10.4. The minimum atomic E-state index is 0.750. The fourth-order valence-electron chi connectivity index (χ4n) is 4.74. The Kier molecular flexibility index (Phi) is 7.70. The molecule has 3 nitrogen and oxygen atoms in total. The number of hydrogen-bond acceptors (Lipinski definition) is 3. The Balaban J connectivity index is 1.32. The maximum atomic E-state index is 3.76. The molecule has 0 bridgehead atoms. The molecule has 3 saturated heterocycles. The van der Waals surface area contributed by atoms with Crippen molar-refractivity contribution >= 4 is 0 Å². The molecular weight excluding hydrogens is 282 g/mol. The Hall–Kier alpha value is -0.120. The summed E-state index contributed by atoms with van der Waals surface area (Å²) in [6, 6.07) is 0.750. The van der Waals surface area contributed by atoms with Gasteiger partial charge in [0.05, 0.1) is 0 Å². The average molecular weight is 321 g/mol. The van der Waals surface area contributed by atoms with Crippen molar-refractivity contribution in [1.82, 2.24) is 15.1 Å². The smallest absolute Gasteiger partial charge is 0.0130 e. The highest BCUT2D eigenvalue weighted by Crippen LogP contribution is 2.27. The van der Waals surface area contributed by atoms with E-state index in [0.717, 1.165) is 6.04 Å². The van der Waals surface area contributed by atoms with Gasteiger partial charge in [-0.2, -0.15) is 0 Å². The van der Waals surface area contributed by atoms with Gasteiger partial charge in [-0.05, 0) is 116 Å². The summed E-state index contributed by atoms with van der Waals surface area (Å²) in [7, 11) is 0. The van der Waals surface area contributed by atoms with Gasteiger partial charge in [-0.15, -0.1) is 0 Å². The fourth-order valence-corrected chi connectivity index (χ4v) is 4.74. The van der Waals surface area contributed by atoms with Gasteiger partial charge in [0, 0.05) is 6.04 Å². The number of likely N-dealkylation sites (tertiary alicyclic amines) is 2. The maximum absolute atomic E-state index is 3.76. The van der Waals surface area contributed by atoms with Crippen LogP contribution in [0.15, 0.2) is 0 Å². The Labute approximate surface area is 144 Å². The van der Waals surface area contributed by atoms with Gasteiger partial charge in [-0.1, -0.05) is 6.42 Å². The van der Waals surface area contributed by atoms with Crippen molar-refractivity contribution in [1.29, 1.82) is 0 Å². The molecule has 3 heterocycles. The molecule has 0 aliphatic carbocycles. The zero-order chi connectivity index (χ0) is 15.7. The quantitative estimate of drug-likeness (QED) is 0.622. The summed E-state index contributed by atoms with van der Waals surface area (Å²) in [5.41, 5.74) is 0. The third-order valence-electron chi connectivity index (χ3n) is 6.14. The van der Waals surface area contributed by atoms with Crippen LogP contribution < -0.4 is 5.32 Å². The van der Waals surface area contributed by atoms with Crippen LogP contribution in [-0.2, 0) is 0 Å². The van der Waals surface area contributed by atoms with Crippen molar-refractivity contribution in [2.24, 2.45) is 0 Å². The lowest BCUT2D eigenvalue weighted by Gasteiger charge is -2.25. The standard InChI is InChI=1S/C20H38N3/c1(2-13-22-14-3-4-15-22)9-19(20-11-7-12-21-20)10-8-18-23-16-5-6-17-23/h20-21H,1-18H2. The minimum Gasteiger partial charge on any atom is -0.313 e. The van der Waals surface area contributed by atoms with Crippen molar-refractivity contribution in [3.63, 3.8) is 0 Å². The van der Waals surface area contributed by atoms with Crippen LogP contribution in [0.4, 0.5) is 0 Å². The third-order valence-corrected chi connectivity index (χ3v) is 6.14. The molecule has 3 rings (SSSR count). The summed E-state index contributed by atoms with van der Waals surface area (Å²) in [4.78, 5) is 5.34. The van der Waals surface area contributed by atoms with Gasteiger partial charge in [-0.3, -0.25) is 0 Å². The van der Waals surface area contributed by atoms with Gasteiger partial charge in [0.2, 0.25) is 0 Å². The highest BCUT2D eigenvalue weighted by molar-refractivity contribution is 5.03. The summed E-state index contributed by atoms with van der Waals surface area (Å²) in [6.07, 6.45) is 15.5. The van der Waals surface area contributed by atoms with E-state index in [0.29, 0.717) is 0 Å². The van der Waals surface area contributed by atoms with Crippen molar-refractivity contribution in [2.45, 2.75) is 76.7 Å². The van der Waals surface area contributed by atoms with E-state index >= 15 is 0 Å². The summed E-state index contributed by atoms with van der Waals surface area (Å²) < 4.78 is 0. The molecule has 3 aliphatic heterocycles. The number of nitrogens with zero attached hydrogens (tertiary/aromatic N) is 2. The molecule has 1 atom stereocenters. The van der Waals surface area contributed by atoms with Crippen LogP contribution in [0, 0.1) is 5.92 Å². The van der Waals surface area contributed by atoms with E-state index < -0.39 is 0 Å². The van der Waals surface area contributed by atoms with Crippen LogP contribution in [0.5, 0.6) is 0 Å². The molecule has 0 aromatic carbocycles. The van der Waals surface area contributed by atoms with Gasteiger partial charge in [0.15, 0.2) is 0 Å². The zero-order valence-corrected chi connectivity index (χ0v) is 15.2. The molecule has 0 aromatic rings. The molecule has 1 radical (unpaired) electrons. The van der Waals surface area contributed by atoms with Crippen LogP contribution >= 0.6 is 0 Å². The van der Waals surface area contributed by atoms with Crippen LogP contribution in [0.2, 0.25) is 0 Å². The first kappa shape index (κ1) is 17.7. The Morgan fingerprint density at radius 1 is 0.739 bits per heavy atom. The molecule has 1 N–H and O–H groups in total. The highest BCUT2D eigenvalue weighted by atomic mass is 15.1. The Bertz CT molecular complexity index is 302. The lowest BCUT2D eigenvalue weighted by Crippen LogP contribution is -2.30. The number of nitrogens with one attached hydrogen (secondary N) is 1. The molecule has 23 heavy (non-hydrogen) atoms. The first-order valence-electron chi connectivity index (χ1n) is 10.4. The van der Waals surface area contributed by atoms with Gasteiger partial charge < -0.3 is 15.1 Å². The summed E-state index contributed by atoms with van der Waals surface area (Å²) in [6.45, 7) is 9.35. The van der Waals surface area contributed by atoms with E-state index in [9.17, 15) is 0 Å². The molecule has 0 saturated carbocycles. The molecule has 0 aromatic heterocycles. The number of rotatable bonds is 10. The summed E-state index contributed by atoms with van der Waals surface area (Å²) in [5, 5.41) is 3.76. The molecule has 3 heteroatoms. The highest BCUT2D eigenvalue weighted by Gasteiger charge is 2.25. The van der Waals surface area contributed by atoms with Crippen molar-refractivity contribution in [2.75, 3.05) is 45.8 Å². The Morgan fingerprint density at radius 3 is 1.96 bits per heavy atom. The van der Waals surface area contributed by atoms with Crippen LogP contribution in [0.3, 0.4) is 0 Å². The zero-order valence-electron chi connectivity index (χ0n) is 15.2. The molecule has 3 aliphatic rings. The van der Waals surface area contributed by atoms with Crippen molar-refractivity contribution < 1.29 is 0 Å². The Morgan fingerprint density at radius 2 is 1.35 bits per heavy atom. The molecule has 1 unspecified atom stereocenters. The second-order valence-corrected chi connectivity index (χ2v) is 7.97. The normalized spacial score (nSPS) is 26.7. The second kappa shape index (κ2) is 10.0. The molecule has 3 fully saturated rings. The van der Waals surface area contributed by atoms with Crippen molar-refractivity contribution in [3.8, 4) is 0 Å². The van der Waals surface area contributed by atoms with E-state index in [4.69, 9.17) is 0 Å². The van der Waals surface area contributed by atoms with Crippen LogP contribution in [-0.4, -0.2) is 61.7 Å². The fraction of sp³-hybridized carbons (Fsp3) is 0.950.